The van der Waals surface area contributed by atoms with Crippen molar-refractivity contribution in [2.45, 2.75) is 13.5 Å². The van der Waals surface area contributed by atoms with Gasteiger partial charge in [0.25, 0.3) is 0 Å². The van der Waals surface area contributed by atoms with Gasteiger partial charge in [0.1, 0.15) is 6.61 Å². The van der Waals surface area contributed by atoms with Gasteiger partial charge in [-0.1, -0.05) is 35.9 Å². The molecule has 0 fully saturated rings. The Labute approximate surface area is 150 Å². The van der Waals surface area contributed by atoms with E-state index in [4.69, 9.17) is 16.3 Å². The maximum Gasteiger partial charge on any atom is 0.316 e. The van der Waals surface area contributed by atoms with E-state index in [-0.39, 0.29) is 30.0 Å². The number of benzene rings is 2. The summed E-state index contributed by atoms with van der Waals surface area (Å²) in [5.41, 5.74) is 2.74. The Hall–Kier alpha value is -1.98. The maximum atomic E-state index is 11.8. The third-order valence-electron chi connectivity index (χ3n) is 3.23. The quantitative estimate of drug-likeness (QED) is 0.753. The minimum atomic E-state index is -0.331. The highest BCUT2D eigenvalue weighted by Gasteiger charge is 2.08. The molecular formula is C18H18ClNO3S. The monoisotopic (exact) mass is 363 g/mol. The van der Waals surface area contributed by atoms with Gasteiger partial charge in [0.15, 0.2) is 0 Å². The molecule has 24 heavy (non-hydrogen) atoms. The molecule has 2 aromatic carbocycles. The average Bonchev–Trinajstić information content (AvgIpc) is 2.56. The Kier molecular flexibility index (Phi) is 7.15. The molecule has 0 saturated carbocycles. The van der Waals surface area contributed by atoms with E-state index >= 15 is 0 Å². The van der Waals surface area contributed by atoms with Crippen molar-refractivity contribution >= 4 is 40.9 Å². The van der Waals surface area contributed by atoms with Crippen LogP contribution in [0.5, 0.6) is 0 Å². The molecule has 0 radical (unpaired) electrons. The van der Waals surface area contributed by atoms with Gasteiger partial charge >= 0.3 is 5.97 Å². The van der Waals surface area contributed by atoms with Crippen LogP contribution in [-0.4, -0.2) is 23.4 Å². The van der Waals surface area contributed by atoms with Crippen LogP contribution >= 0.6 is 23.4 Å². The van der Waals surface area contributed by atoms with E-state index in [0.717, 1.165) is 11.1 Å². The molecule has 4 nitrogen and oxygen atoms in total. The number of esters is 1. The second-order valence-corrected chi connectivity index (χ2v) is 6.56. The Balaban J connectivity index is 1.66. The summed E-state index contributed by atoms with van der Waals surface area (Å²) in [5.74, 6) is -0.182. The topological polar surface area (TPSA) is 55.4 Å². The van der Waals surface area contributed by atoms with Crippen molar-refractivity contribution in [3.05, 3.63) is 64.7 Å². The lowest BCUT2D eigenvalue weighted by atomic mass is 10.1. The largest absolute Gasteiger partial charge is 0.460 e. The second-order valence-electron chi connectivity index (χ2n) is 5.14. The molecule has 0 spiro atoms. The van der Waals surface area contributed by atoms with E-state index in [0.29, 0.717) is 10.7 Å². The first-order chi connectivity index (χ1) is 11.5. The first kappa shape index (κ1) is 18.4. The minimum Gasteiger partial charge on any atom is -0.460 e. The second kappa shape index (κ2) is 9.35. The Morgan fingerprint density at radius 3 is 2.50 bits per heavy atom. The fraction of sp³-hybridized carbons (Fsp3) is 0.222. The van der Waals surface area contributed by atoms with Gasteiger partial charge in [-0.2, -0.15) is 0 Å². The van der Waals surface area contributed by atoms with E-state index in [1.165, 1.54) is 11.8 Å². The molecule has 0 aliphatic heterocycles. The zero-order valence-corrected chi connectivity index (χ0v) is 14.8. The van der Waals surface area contributed by atoms with Crippen LogP contribution in [0.2, 0.25) is 5.02 Å². The lowest BCUT2D eigenvalue weighted by Gasteiger charge is -2.07. The van der Waals surface area contributed by atoms with Crippen LogP contribution in [0.3, 0.4) is 0 Å². The van der Waals surface area contributed by atoms with Crippen LogP contribution in [-0.2, 0) is 20.9 Å². The summed E-state index contributed by atoms with van der Waals surface area (Å²) in [5, 5.41) is 3.35. The number of thioether (sulfide) groups is 1. The third kappa shape index (κ3) is 6.26. The first-order valence-corrected chi connectivity index (χ1v) is 8.91. The fourth-order valence-electron chi connectivity index (χ4n) is 1.93. The highest BCUT2D eigenvalue weighted by molar-refractivity contribution is 8.00. The summed E-state index contributed by atoms with van der Waals surface area (Å²) < 4.78 is 5.22. The van der Waals surface area contributed by atoms with Gasteiger partial charge in [0.2, 0.25) is 5.91 Å². The average molecular weight is 364 g/mol. The SMILES string of the molecule is Cc1ccccc1COC(=O)CSCC(=O)Nc1ccc(Cl)cc1. The third-order valence-corrected chi connectivity index (χ3v) is 4.39. The predicted octanol–water partition coefficient (Wildman–Crippen LogP) is 4.06. The highest BCUT2D eigenvalue weighted by atomic mass is 35.5. The van der Waals surface area contributed by atoms with Crippen molar-refractivity contribution in [1.29, 1.82) is 0 Å². The summed E-state index contributed by atoms with van der Waals surface area (Å²) in [6, 6.07) is 14.6. The Morgan fingerprint density at radius 1 is 1.08 bits per heavy atom. The van der Waals surface area contributed by atoms with Crippen LogP contribution in [0.25, 0.3) is 0 Å². The summed E-state index contributed by atoms with van der Waals surface area (Å²) in [7, 11) is 0. The number of carbonyl (C=O) groups excluding carboxylic acids is 2. The lowest BCUT2D eigenvalue weighted by Crippen LogP contribution is -2.16. The maximum absolute atomic E-state index is 11.8. The number of carbonyl (C=O) groups is 2. The van der Waals surface area contributed by atoms with E-state index in [9.17, 15) is 9.59 Å². The summed E-state index contributed by atoms with van der Waals surface area (Å²) in [6.45, 7) is 2.22. The Bertz CT molecular complexity index is 704. The molecular weight excluding hydrogens is 346 g/mol. The molecule has 126 valence electrons. The molecule has 1 N–H and O–H groups in total. The summed E-state index contributed by atoms with van der Waals surface area (Å²) in [4.78, 5) is 23.5. The molecule has 2 rings (SSSR count). The smallest absolute Gasteiger partial charge is 0.316 e. The molecule has 0 atom stereocenters. The van der Waals surface area contributed by atoms with Crippen molar-refractivity contribution < 1.29 is 14.3 Å². The van der Waals surface area contributed by atoms with Crippen molar-refractivity contribution in [1.82, 2.24) is 0 Å². The van der Waals surface area contributed by atoms with E-state index in [1.807, 2.05) is 31.2 Å². The molecule has 0 heterocycles. The molecule has 1 amide bonds. The summed E-state index contributed by atoms with van der Waals surface area (Å²) in [6.07, 6.45) is 0. The molecule has 0 aromatic heterocycles. The van der Waals surface area contributed by atoms with Crippen molar-refractivity contribution in [2.24, 2.45) is 0 Å². The minimum absolute atomic E-state index is 0.139. The van der Waals surface area contributed by atoms with Crippen LogP contribution < -0.4 is 5.32 Å². The standard InChI is InChI=1S/C18H18ClNO3S/c1-13-4-2-3-5-14(13)10-23-18(22)12-24-11-17(21)20-16-8-6-15(19)7-9-16/h2-9H,10-12H2,1H3,(H,20,21). The summed E-state index contributed by atoms with van der Waals surface area (Å²) >= 11 is 7.00. The van der Waals surface area contributed by atoms with Gasteiger partial charge in [0, 0.05) is 10.7 Å². The van der Waals surface area contributed by atoms with Crippen LogP contribution in [0, 0.1) is 6.92 Å². The molecule has 0 unspecified atom stereocenters. The zero-order chi connectivity index (χ0) is 17.4. The van der Waals surface area contributed by atoms with Gasteiger partial charge < -0.3 is 10.1 Å². The molecule has 0 aliphatic carbocycles. The lowest BCUT2D eigenvalue weighted by molar-refractivity contribution is -0.141. The van der Waals surface area contributed by atoms with E-state index < -0.39 is 0 Å². The van der Waals surface area contributed by atoms with Gasteiger partial charge in [0.05, 0.1) is 11.5 Å². The molecule has 0 saturated heterocycles. The number of halogens is 1. The molecule has 0 aliphatic rings. The molecule has 2 aromatic rings. The van der Waals surface area contributed by atoms with Gasteiger partial charge in [-0.25, -0.2) is 0 Å². The number of anilines is 1. The number of amides is 1. The van der Waals surface area contributed by atoms with Crippen LogP contribution in [0.15, 0.2) is 48.5 Å². The van der Waals surface area contributed by atoms with Crippen molar-refractivity contribution in [3.8, 4) is 0 Å². The van der Waals surface area contributed by atoms with Crippen molar-refractivity contribution in [2.75, 3.05) is 16.8 Å². The Morgan fingerprint density at radius 2 is 1.79 bits per heavy atom. The number of ether oxygens (including phenoxy) is 1. The zero-order valence-electron chi connectivity index (χ0n) is 13.3. The molecule has 6 heteroatoms. The molecule has 0 bridgehead atoms. The van der Waals surface area contributed by atoms with Gasteiger partial charge in [-0.15, -0.1) is 11.8 Å². The van der Waals surface area contributed by atoms with E-state index in [2.05, 4.69) is 5.32 Å². The number of hydrogen-bond acceptors (Lipinski definition) is 4. The first-order valence-electron chi connectivity index (χ1n) is 7.38. The number of rotatable bonds is 7. The fourth-order valence-corrected chi connectivity index (χ4v) is 2.66. The van der Waals surface area contributed by atoms with Crippen LogP contribution in [0.1, 0.15) is 11.1 Å². The van der Waals surface area contributed by atoms with E-state index in [1.54, 1.807) is 24.3 Å². The number of nitrogens with one attached hydrogen (secondary N) is 1. The number of hydrogen-bond donors (Lipinski definition) is 1. The van der Waals surface area contributed by atoms with Crippen molar-refractivity contribution in [3.63, 3.8) is 0 Å². The normalized spacial score (nSPS) is 10.2. The van der Waals surface area contributed by atoms with Crippen LogP contribution in [0.4, 0.5) is 5.69 Å². The number of aryl methyl sites for hydroxylation is 1. The highest BCUT2D eigenvalue weighted by Crippen LogP contribution is 2.14. The predicted molar refractivity (Wildman–Crippen MR) is 98.4 cm³/mol. The van der Waals surface area contributed by atoms with Gasteiger partial charge in [-0.05, 0) is 42.3 Å². The van der Waals surface area contributed by atoms with Gasteiger partial charge in [-0.3, -0.25) is 9.59 Å².